The van der Waals surface area contributed by atoms with Crippen LogP contribution in [0.2, 0.25) is 5.02 Å². The zero-order valence-corrected chi connectivity index (χ0v) is 18.8. The van der Waals surface area contributed by atoms with Crippen molar-refractivity contribution >= 4 is 41.4 Å². The Kier molecular flexibility index (Phi) is 7.94. The van der Waals surface area contributed by atoms with Crippen molar-refractivity contribution < 1.29 is 14.0 Å². The van der Waals surface area contributed by atoms with E-state index in [1.807, 2.05) is 43.3 Å². The standard InChI is InChI=1S/C25H22ClFN4O2/c1-31(2)22-12-8-17(9-13-22)14-23(29-24(32)19-4-3-5-21(27)15-19)25(33)30-28-16-18-6-10-20(26)11-7-18/h3-16H,1-2H3,(H,29,32)(H,30,33)/b23-14-,28-16+. The van der Waals surface area contributed by atoms with Gasteiger partial charge in [-0.05, 0) is 59.7 Å². The fourth-order valence-corrected chi connectivity index (χ4v) is 2.92. The predicted molar refractivity (Wildman–Crippen MR) is 130 cm³/mol. The maximum absolute atomic E-state index is 13.5. The molecule has 6 nitrogen and oxygen atoms in total. The molecule has 33 heavy (non-hydrogen) atoms. The highest BCUT2D eigenvalue weighted by molar-refractivity contribution is 6.30. The molecule has 3 rings (SSSR count). The molecule has 0 aliphatic heterocycles. The van der Waals surface area contributed by atoms with Crippen molar-refractivity contribution in [3.8, 4) is 0 Å². The average molecular weight is 465 g/mol. The normalized spacial score (nSPS) is 11.3. The monoisotopic (exact) mass is 464 g/mol. The van der Waals surface area contributed by atoms with Crippen LogP contribution in [0.4, 0.5) is 10.1 Å². The minimum atomic E-state index is -0.637. The van der Waals surface area contributed by atoms with E-state index in [2.05, 4.69) is 15.8 Å². The number of hydrazone groups is 1. The van der Waals surface area contributed by atoms with E-state index < -0.39 is 17.6 Å². The van der Waals surface area contributed by atoms with E-state index in [1.165, 1.54) is 30.5 Å². The van der Waals surface area contributed by atoms with Gasteiger partial charge < -0.3 is 10.2 Å². The first-order valence-electron chi connectivity index (χ1n) is 9.97. The highest BCUT2D eigenvalue weighted by Crippen LogP contribution is 2.15. The van der Waals surface area contributed by atoms with Crippen molar-refractivity contribution in [2.45, 2.75) is 0 Å². The molecule has 0 bridgehead atoms. The highest BCUT2D eigenvalue weighted by Gasteiger charge is 2.15. The number of hydrogen-bond donors (Lipinski definition) is 2. The SMILES string of the molecule is CN(C)c1ccc(/C=C(\NC(=O)c2cccc(F)c2)C(=O)N/N=C/c2ccc(Cl)cc2)cc1. The smallest absolute Gasteiger partial charge is 0.287 e. The van der Waals surface area contributed by atoms with Gasteiger partial charge in [0.15, 0.2) is 0 Å². The van der Waals surface area contributed by atoms with E-state index in [0.29, 0.717) is 10.6 Å². The molecule has 168 valence electrons. The minimum absolute atomic E-state index is 0.0462. The van der Waals surface area contributed by atoms with Gasteiger partial charge in [0.25, 0.3) is 11.8 Å². The zero-order valence-electron chi connectivity index (χ0n) is 18.0. The molecule has 0 atom stereocenters. The van der Waals surface area contributed by atoms with Gasteiger partial charge in [0.05, 0.1) is 6.21 Å². The summed E-state index contributed by atoms with van der Waals surface area (Å²) in [5.41, 5.74) is 4.83. The lowest BCUT2D eigenvalue weighted by atomic mass is 10.1. The first-order chi connectivity index (χ1) is 15.8. The largest absolute Gasteiger partial charge is 0.378 e. The summed E-state index contributed by atoms with van der Waals surface area (Å²) in [7, 11) is 3.84. The third-order valence-electron chi connectivity index (χ3n) is 4.55. The Bertz CT molecular complexity index is 1190. The molecule has 0 unspecified atom stereocenters. The van der Waals surface area contributed by atoms with Crippen molar-refractivity contribution in [3.63, 3.8) is 0 Å². The van der Waals surface area contributed by atoms with Crippen LogP contribution in [0.5, 0.6) is 0 Å². The first kappa shape index (κ1) is 23.7. The van der Waals surface area contributed by atoms with Crippen molar-refractivity contribution in [2.75, 3.05) is 19.0 Å². The van der Waals surface area contributed by atoms with E-state index >= 15 is 0 Å². The summed E-state index contributed by atoms with van der Waals surface area (Å²) in [6.45, 7) is 0. The molecule has 0 fully saturated rings. The lowest BCUT2D eigenvalue weighted by molar-refractivity contribution is -0.117. The number of nitrogens with zero attached hydrogens (tertiary/aromatic N) is 2. The van der Waals surface area contributed by atoms with Crippen molar-refractivity contribution in [1.82, 2.24) is 10.7 Å². The fraction of sp³-hybridized carbons (Fsp3) is 0.0800. The van der Waals surface area contributed by atoms with Gasteiger partial charge in [0.2, 0.25) is 0 Å². The van der Waals surface area contributed by atoms with E-state index in [1.54, 1.807) is 24.3 Å². The number of amides is 2. The average Bonchev–Trinajstić information content (AvgIpc) is 2.80. The third-order valence-corrected chi connectivity index (χ3v) is 4.80. The lowest BCUT2D eigenvalue weighted by Gasteiger charge is -2.12. The predicted octanol–water partition coefficient (Wildman–Crippen LogP) is 4.47. The quantitative estimate of drug-likeness (QED) is 0.308. The van der Waals surface area contributed by atoms with Crippen LogP contribution in [0.3, 0.4) is 0 Å². The van der Waals surface area contributed by atoms with Crippen LogP contribution in [0.25, 0.3) is 6.08 Å². The summed E-state index contributed by atoms with van der Waals surface area (Å²) in [5.74, 6) is -1.81. The van der Waals surface area contributed by atoms with Crippen LogP contribution in [-0.2, 0) is 4.79 Å². The number of carbonyl (C=O) groups excluding carboxylic acids is 2. The Labute approximate surface area is 196 Å². The second kappa shape index (κ2) is 11.1. The molecule has 0 saturated heterocycles. The Balaban J connectivity index is 1.82. The molecule has 8 heteroatoms. The van der Waals surface area contributed by atoms with Gasteiger partial charge in [-0.2, -0.15) is 5.10 Å². The number of nitrogens with one attached hydrogen (secondary N) is 2. The molecule has 0 aromatic heterocycles. The molecule has 0 aliphatic carbocycles. The second-order valence-corrected chi connectivity index (χ2v) is 7.70. The molecule has 0 radical (unpaired) electrons. The second-order valence-electron chi connectivity index (χ2n) is 7.26. The number of halogens is 2. The molecule has 0 saturated carbocycles. The number of hydrogen-bond acceptors (Lipinski definition) is 4. The molecule has 2 amide bonds. The maximum atomic E-state index is 13.5. The fourth-order valence-electron chi connectivity index (χ4n) is 2.79. The Morgan fingerprint density at radius 2 is 1.64 bits per heavy atom. The van der Waals surface area contributed by atoms with Crippen LogP contribution in [0.1, 0.15) is 21.5 Å². The van der Waals surface area contributed by atoms with Crippen LogP contribution >= 0.6 is 11.6 Å². The number of benzene rings is 3. The van der Waals surface area contributed by atoms with Crippen LogP contribution in [0.15, 0.2) is 83.6 Å². The molecule has 0 heterocycles. The van der Waals surface area contributed by atoms with Gasteiger partial charge in [-0.25, -0.2) is 9.82 Å². The van der Waals surface area contributed by atoms with Crippen LogP contribution in [-0.4, -0.2) is 32.1 Å². The summed E-state index contributed by atoms with van der Waals surface area (Å²) >= 11 is 5.86. The van der Waals surface area contributed by atoms with Gasteiger partial charge in [-0.3, -0.25) is 9.59 Å². The molecule has 3 aromatic carbocycles. The van der Waals surface area contributed by atoms with Crippen molar-refractivity contribution in [1.29, 1.82) is 0 Å². The first-order valence-corrected chi connectivity index (χ1v) is 10.3. The molecule has 3 aromatic rings. The molecule has 2 N–H and O–H groups in total. The number of anilines is 1. The Morgan fingerprint density at radius 3 is 2.27 bits per heavy atom. The van der Waals surface area contributed by atoms with E-state index in [-0.39, 0.29) is 11.3 Å². The number of rotatable bonds is 7. The Hall–Kier alpha value is -3.97. The highest BCUT2D eigenvalue weighted by atomic mass is 35.5. The molecular formula is C25H22ClFN4O2. The van der Waals surface area contributed by atoms with Crippen LogP contribution < -0.4 is 15.6 Å². The third kappa shape index (κ3) is 7.02. The molecule has 0 aliphatic rings. The van der Waals surface area contributed by atoms with E-state index in [9.17, 15) is 14.0 Å². The summed E-state index contributed by atoms with van der Waals surface area (Å²) < 4.78 is 13.5. The minimum Gasteiger partial charge on any atom is -0.378 e. The molecular weight excluding hydrogens is 443 g/mol. The summed E-state index contributed by atoms with van der Waals surface area (Å²) in [4.78, 5) is 27.3. The number of carbonyl (C=O) groups is 2. The van der Waals surface area contributed by atoms with Crippen LogP contribution in [0, 0.1) is 5.82 Å². The van der Waals surface area contributed by atoms with Gasteiger partial charge >= 0.3 is 0 Å². The van der Waals surface area contributed by atoms with E-state index in [0.717, 1.165) is 17.3 Å². The Morgan fingerprint density at radius 1 is 0.970 bits per heavy atom. The molecule has 0 spiro atoms. The van der Waals surface area contributed by atoms with Gasteiger partial charge in [-0.1, -0.05) is 41.9 Å². The van der Waals surface area contributed by atoms with Gasteiger partial charge in [0, 0.05) is 30.4 Å². The lowest BCUT2D eigenvalue weighted by Crippen LogP contribution is -2.32. The summed E-state index contributed by atoms with van der Waals surface area (Å²) in [5, 5.41) is 7.07. The van der Waals surface area contributed by atoms with Crippen molar-refractivity contribution in [3.05, 3.63) is 106 Å². The zero-order chi connectivity index (χ0) is 23.8. The summed E-state index contributed by atoms with van der Waals surface area (Å²) in [6, 6.07) is 19.5. The topological polar surface area (TPSA) is 73.8 Å². The maximum Gasteiger partial charge on any atom is 0.287 e. The van der Waals surface area contributed by atoms with Gasteiger partial charge in [-0.15, -0.1) is 0 Å². The van der Waals surface area contributed by atoms with Crippen molar-refractivity contribution in [2.24, 2.45) is 5.10 Å². The van der Waals surface area contributed by atoms with Gasteiger partial charge in [0.1, 0.15) is 11.5 Å². The summed E-state index contributed by atoms with van der Waals surface area (Å²) in [6.07, 6.45) is 2.97. The van der Waals surface area contributed by atoms with E-state index in [4.69, 9.17) is 11.6 Å².